The zero-order valence-corrected chi connectivity index (χ0v) is 19.6. The van der Waals surface area contributed by atoms with Gasteiger partial charge in [0, 0.05) is 11.6 Å². The maximum atomic E-state index is 13.2. The van der Waals surface area contributed by atoms with Gasteiger partial charge in [-0.25, -0.2) is 0 Å². The van der Waals surface area contributed by atoms with Crippen LogP contribution in [0.1, 0.15) is 56.2 Å². The zero-order chi connectivity index (χ0) is 23.5. The van der Waals surface area contributed by atoms with Gasteiger partial charge in [-0.2, -0.15) is 0 Å². The number of halogens is 1. The largest absolute Gasteiger partial charge is 0.507 e. The second-order valence-electron chi connectivity index (χ2n) is 8.35. The second-order valence-corrected chi connectivity index (χ2v) is 8.76. The number of Topliss-reactive ketones (excluding diaryl/α,β-unsaturated/α-hetero) is 1. The molecule has 2 fully saturated rings. The van der Waals surface area contributed by atoms with Crippen LogP contribution in [-0.4, -0.2) is 41.5 Å². The first kappa shape index (κ1) is 23.2. The lowest BCUT2D eigenvalue weighted by Gasteiger charge is -2.35. The fraction of sp³-hybridized carbons (Fsp3) is 0.385. The van der Waals surface area contributed by atoms with Gasteiger partial charge in [0.15, 0.2) is 0 Å². The zero-order valence-electron chi connectivity index (χ0n) is 18.8. The number of ether oxygens (including phenoxy) is 2. The number of carbonyl (C=O) groups excluding carboxylic acids is 2. The number of amides is 1. The highest BCUT2D eigenvalue weighted by Gasteiger charge is 2.48. The van der Waals surface area contributed by atoms with E-state index in [1.54, 1.807) is 23.1 Å². The molecule has 7 heteroatoms. The summed E-state index contributed by atoms with van der Waals surface area (Å²) in [5, 5.41) is 11.5. The van der Waals surface area contributed by atoms with E-state index in [0.717, 1.165) is 37.7 Å². The molecule has 1 N–H and O–H groups in total. The summed E-state index contributed by atoms with van der Waals surface area (Å²) in [5.41, 5.74) is 1.19. The molecule has 0 aromatic heterocycles. The van der Waals surface area contributed by atoms with Crippen LogP contribution in [-0.2, 0) is 9.59 Å². The molecule has 0 spiro atoms. The van der Waals surface area contributed by atoms with E-state index in [-0.39, 0.29) is 17.4 Å². The van der Waals surface area contributed by atoms with Crippen LogP contribution in [0, 0.1) is 0 Å². The molecule has 1 aliphatic heterocycles. The highest BCUT2D eigenvalue weighted by atomic mass is 35.5. The molecule has 0 bridgehead atoms. The normalized spacial score (nSPS) is 20.8. The fourth-order valence-corrected chi connectivity index (χ4v) is 5.05. The van der Waals surface area contributed by atoms with E-state index in [9.17, 15) is 14.7 Å². The van der Waals surface area contributed by atoms with Crippen molar-refractivity contribution in [2.75, 3.05) is 13.7 Å². The van der Waals surface area contributed by atoms with Gasteiger partial charge >= 0.3 is 0 Å². The molecule has 1 atom stereocenters. The van der Waals surface area contributed by atoms with Crippen molar-refractivity contribution in [3.8, 4) is 11.5 Å². The number of benzene rings is 2. The van der Waals surface area contributed by atoms with Crippen LogP contribution in [0.3, 0.4) is 0 Å². The first-order valence-corrected chi connectivity index (χ1v) is 11.7. The van der Waals surface area contributed by atoms with Crippen molar-refractivity contribution in [1.82, 2.24) is 4.90 Å². The average molecular weight is 470 g/mol. The van der Waals surface area contributed by atoms with E-state index in [0.29, 0.717) is 28.7 Å². The standard InChI is InChI=1S/C26H28ClNO5/c1-3-33-19-12-9-16(10-13-19)23-22(24(29)17-11-14-21(32-2)20(27)15-17)25(30)26(31)28(23)18-7-5-4-6-8-18/h9-15,18,23,29H,3-8H2,1-2H3/b24-22-. The van der Waals surface area contributed by atoms with Gasteiger partial charge in [-0.15, -0.1) is 0 Å². The number of carbonyl (C=O) groups is 2. The van der Waals surface area contributed by atoms with Gasteiger partial charge in [-0.05, 0) is 55.7 Å². The first-order chi connectivity index (χ1) is 16.0. The van der Waals surface area contributed by atoms with E-state index in [1.165, 1.54) is 7.11 Å². The maximum Gasteiger partial charge on any atom is 0.295 e. The third kappa shape index (κ3) is 4.44. The molecule has 0 radical (unpaired) electrons. The van der Waals surface area contributed by atoms with Gasteiger partial charge in [-0.1, -0.05) is 43.0 Å². The molecule has 2 aromatic carbocycles. The number of likely N-dealkylation sites (tertiary alicyclic amines) is 1. The lowest BCUT2D eigenvalue weighted by Crippen LogP contribution is -2.40. The fourth-order valence-electron chi connectivity index (χ4n) is 4.80. The summed E-state index contributed by atoms with van der Waals surface area (Å²) in [6.45, 7) is 2.45. The van der Waals surface area contributed by atoms with E-state index in [1.807, 2.05) is 31.2 Å². The van der Waals surface area contributed by atoms with Crippen molar-refractivity contribution in [3.63, 3.8) is 0 Å². The highest BCUT2D eigenvalue weighted by molar-refractivity contribution is 6.46. The molecule has 6 nitrogen and oxygen atoms in total. The summed E-state index contributed by atoms with van der Waals surface area (Å²) in [4.78, 5) is 28.1. The van der Waals surface area contributed by atoms with Crippen LogP contribution in [0.25, 0.3) is 5.76 Å². The Morgan fingerprint density at radius 3 is 2.39 bits per heavy atom. The molecule has 2 aromatic rings. The minimum Gasteiger partial charge on any atom is -0.507 e. The minimum atomic E-state index is -0.677. The van der Waals surface area contributed by atoms with E-state index in [2.05, 4.69) is 0 Å². The number of rotatable bonds is 6. The third-order valence-electron chi connectivity index (χ3n) is 6.38. The molecular formula is C26H28ClNO5. The molecule has 1 unspecified atom stereocenters. The van der Waals surface area contributed by atoms with Crippen LogP contribution in [0.15, 0.2) is 48.0 Å². The van der Waals surface area contributed by atoms with Gasteiger partial charge in [0.1, 0.15) is 17.3 Å². The predicted molar refractivity (Wildman–Crippen MR) is 127 cm³/mol. The van der Waals surface area contributed by atoms with Crippen molar-refractivity contribution in [2.24, 2.45) is 0 Å². The number of ketones is 1. The Morgan fingerprint density at radius 2 is 1.79 bits per heavy atom. The summed E-state index contributed by atoms with van der Waals surface area (Å²) < 4.78 is 10.7. The van der Waals surface area contributed by atoms with Gasteiger partial charge in [0.2, 0.25) is 0 Å². The molecule has 33 heavy (non-hydrogen) atoms. The van der Waals surface area contributed by atoms with Crippen molar-refractivity contribution >= 4 is 29.1 Å². The number of aliphatic hydroxyl groups is 1. The van der Waals surface area contributed by atoms with Crippen molar-refractivity contribution in [3.05, 3.63) is 64.2 Å². The Bertz CT molecular complexity index is 1070. The Labute approximate surface area is 198 Å². The van der Waals surface area contributed by atoms with Gasteiger partial charge < -0.3 is 19.5 Å². The van der Waals surface area contributed by atoms with Gasteiger partial charge in [-0.3, -0.25) is 9.59 Å². The van der Waals surface area contributed by atoms with Crippen LogP contribution in [0.4, 0.5) is 0 Å². The number of hydrogen-bond acceptors (Lipinski definition) is 5. The second kappa shape index (κ2) is 9.87. The molecule has 1 saturated heterocycles. The lowest BCUT2D eigenvalue weighted by molar-refractivity contribution is -0.141. The molecule has 174 valence electrons. The molecule has 4 rings (SSSR count). The Balaban J connectivity index is 1.84. The summed E-state index contributed by atoms with van der Waals surface area (Å²) in [7, 11) is 1.50. The molecule has 2 aliphatic rings. The third-order valence-corrected chi connectivity index (χ3v) is 6.68. The summed E-state index contributed by atoms with van der Waals surface area (Å²) in [6.07, 6.45) is 4.83. The van der Waals surface area contributed by atoms with E-state index in [4.69, 9.17) is 21.1 Å². The topological polar surface area (TPSA) is 76.1 Å². The van der Waals surface area contributed by atoms with Crippen molar-refractivity contribution < 1.29 is 24.2 Å². The molecule has 1 aliphatic carbocycles. The maximum absolute atomic E-state index is 13.2. The number of methoxy groups -OCH3 is 1. The van der Waals surface area contributed by atoms with Crippen molar-refractivity contribution in [2.45, 2.75) is 51.1 Å². The average Bonchev–Trinajstić information content (AvgIpc) is 3.10. The van der Waals surface area contributed by atoms with Crippen LogP contribution in [0.5, 0.6) is 11.5 Å². The van der Waals surface area contributed by atoms with Gasteiger partial charge in [0.05, 0.1) is 30.4 Å². The Hall–Kier alpha value is -2.99. The molecule has 1 heterocycles. The Morgan fingerprint density at radius 1 is 1.09 bits per heavy atom. The first-order valence-electron chi connectivity index (χ1n) is 11.3. The van der Waals surface area contributed by atoms with E-state index < -0.39 is 17.7 Å². The number of hydrogen-bond donors (Lipinski definition) is 1. The van der Waals surface area contributed by atoms with Crippen molar-refractivity contribution in [1.29, 1.82) is 0 Å². The van der Waals surface area contributed by atoms with E-state index >= 15 is 0 Å². The SMILES string of the molecule is CCOc1ccc(C2/C(=C(/O)c3ccc(OC)c(Cl)c3)C(=O)C(=O)N2C2CCCCC2)cc1. The summed E-state index contributed by atoms with van der Waals surface area (Å²) in [5.74, 6) is -0.322. The summed E-state index contributed by atoms with van der Waals surface area (Å²) in [6, 6.07) is 11.4. The van der Waals surface area contributed by atoms with Crippen LogP contribution >= 0.6 is 11.6 Å². The van der Waals surface area contributed by atoms with Crippen LogP contribution < -0.4 is 9.47 Å². The minimum absolute atomic E-state index is 0.0449. The van der Waals surface area contributed by atoms with Crippen LogP contribution in [0.2, 0.25) is 5.02 Å². The molecular weight excluding hydrogens is 442 g/mol. The molecule has 1 saturated carbocycles. The highest BCUT2D eigenvalue weighted by Crippen LogP contribution is 2.43. The monoisotopic (exact) mass is 469 g/mol. The summed E-state index contributed by atoms with van der Waals surface area (Å²) >= 11 is 6.26. The number of nitrogens with zero attached hydrogens (tertiary/aromatic N) is 1. The number of aliphatic hydroxyl groups excluding tert-OH is 1. The van der Waals surface area contributed by atoms with Gasteiger partial charge in [0.25, 0.3) is 11.7 Å². The lowest BCUT2D eigenvalue weighted by atomic mass is 9.91. The Kier molecular flexibility index (Phi) is 6.94. The predicted octanol–water partition coefficient (Wildman–Crippen LogP) is 5.50. The smallest absolute Gasteiger partial charge is 0.295 e. The molecule has 1 amide bonds. The quantitative estimate of drug-likeness (QED) is 0.343.